The Hall–Kier alpha value is -1.78. The summed E-state index contributed by atoms with van der Waals surface area (Å²) in [7, 11) is 0. The predicted molar refractivity (Wildman–Crippen MR) is 90.8 cm³/mol. The first-order valence-corrected chi connectivity index (χ1v) is 8.35. The third-order valence-corrected chi connectivity index (χ3v) is 4.49. The molecular weight excluding hydrogens is 312 g/mol. The molecule has 2 heterocycles. The molecule has 0 radical (unpaired) electrons. The zero-order valence-electron chi connectivity index (χ0n) is 13.2. The average Bonchev–Trinajstić information content (AvgIpc) is 3.20. The Kier molecular flexibility index (Phi) is 5.03. The fraction of sp³-hybridized carbons (Fsp3) is 0.389. The fourth-order valence-electron chi connectivity index (χ4n) is 2.99. The monoisotopic (exact) mass is 332 g/mol. The molecule has 122 valence electrons. The summed E-state index contributed by atoms with van der Waals surface area (Å²) in [5.41, 5.74) is 0.616. The summed E-state index contributed by atoms with van der Waals surface area (Å²) in [6.07, 6.45) is 2.39. The second-order valence-electron chi connectivity index (χ2n) is 5.92. The van der Waals surface area contributed by atoms with Gasteiger partial charge in [0.25, 0.3) is 5.91 Å². The Bertz CT molecular complexity index is 660. The van der Waals surface area contributed by atoms with E-state index in [0.717, 1.165) is 24.6 Å². The molecule has 1 aliphatic rings. The van der Waals surface area contributed by atoms with Crippen molar-refractivity contribution in [1.82, 2.24) is 10.2 Å². The number of carbonyl (C=O) groups excluding carboxylic acids is 1. The SMILES string of the molecule is Cc1ccc(C(CNC(=O)c2ccc(Cl)cc2)N2CCCC2)o1. The van der Waals surface area contributed by atoms with Crippen LogP contribution in [0.5, 0.6) is 0 Å². The molecule has 0 aliphatic carbocycles. The topological polar surface area (TPSA) is 45.5 Å². The smallest absolute Gasteiger partial charge is 0.251 e. The van der Waals surface area contributed by atoms with Crippen molar-refractivity contribution in [2.24, 2.45) is 0 Å². The number of nitrogens with zero attached hydrogens (tertiary/aromatic N) is 1. The third kappa shape index (κ3) is 3.95. The van der Waals surface area contributed by atoms with Crippen LogP contribution in [-0.4, -0.2) is 30.4 Å². The first kappa shape index (κ1) is 16.1. The molecule has 5 heteroatoms. The van der Waals surface area contributed by atoms with Crippen LogP contribution < -0.4 is 5.32 Å². The number of benzene rings is 1. The van der Waals surface area contributed by atoms with Gasteiger partial charge in [0.2, 0.25) is 0 Å². The molecule has 1 amide bonds. The van der Waals surface area contributed by atoms with Gasteiger partial charge in [-0.2, -0.15) is 0 Å². The Morgan fingerprint density at radius 2 is 1.91 bits per heavy atom. The van der Waals surface area contributed by atoms with Gasteiger partial charge in [-0.25, -0.2) is 0 Å². The van der Waals surface area contributed by atoms with Crippen molar-refractivity contribution >= 4 is 17.5 Å². The molecule has 23 heavy (non-hydrogen) atoms. The lowest BCUT2D eigenvalue weighted by atomic mass is 10.1. The first-order valence-electron chi connectivity index (χ1n) is 7.97. The maximum Gasteiger partial charge on any atom is 0.251 e. The summed E-state index contributed by atoms with van der Waals surface area (Å²) in [5.74, 6) is 1.73. The molecule has 0 spiro atoms. The molecule has 1 N–H and O–H groups in total. The lowest BCUT2D eigenvalue weighted by Gasteiger charge is -2.26. The van der Waals surface area contributed by atoms with E-state index >= 15 is 0 Å². The number of rotatable bonds is 5. The quantitative estimate of drug-likeness (QED) is 0.905. The van der Waals surface area contributed by atoms with E-state index in [1.165, 1.54) is 12.8 Å². The van der Waals surface area contributed by atoms with Crippen LogP contribution in [0.4, 0.5) is 0 Å². The molecule has 2 aromatic rings. The summed E-state index contributed by atoms with van der Waals surface area (Å²) in [4.78, 5) is 14.7. The molecular formula is C18H21ClN2O2. The minimum atomic E-state index is -0.0888. The lowest BCUT2D eigenvalue weighted by molar-refractivity contribution is 0.0933. The maximum absolute atomic E-state index is 12.3. The average molecular weight is 333 g/mol. The van der Waals surface area contributed by atoms with Crippen LogP contribution in [0.15, 0.2) is 40.8 Å². The molecule has 0 bridgehead atoms. The molecule has 1 aromatic carbocycles. The highest BCUT2D eigenvalue weighted by atomic mass is 35.5. The summed E-state index contributed by atoms with van der Waals surface area (Å²) in [5, 5.41) is 3.65. The van der Waals surface area contributed by atoms with Gasteiger partial charge in [-0.15, -0.1) is 0 Å². The van der Waals surface area contributed by atoms with Gasteiger partial charge in [0.05, 0.1) is 6.04 Å². The van der Waals surface area contributed by atoms with E-state index in [9.17, 15) is 4.79 Å². The van der Waals surface area contributed by atoms with Crippen LogP contribution in [0.3, 0.4) is 0 Å². The number of furan rings is 1. The largest absolute Gasteiger partial charge is 0.465 e. The zero-order valence-corrected chi connectivity index (χ0v) is 14.0. The van der Waals surface area contributed by atoms with Gasteiger partial charge in [0, 0.05) is 17.1 Å². The van der Waals surface area contributed by atoms with Crippen molar-refractivity contribution in [3.05, 3.63) is 58.5 Å². The molecule has 1 aliphatic heterocycles. The molecule has 1 saturated heterocycles. The number of carbonyl (C=O) groups is 1. The molecule has 1 fully saturated rings. The highest BCUT2D eigenvalue weighted by molar-refractivity contribution is 6.30. The van der Waals surface area contributed by atoms with Gasteiger partial charge >= 0.3 is 0 Å². The van der Waals surface area contributed by atoms with E-state index in [2.05, 4.69) is 10.2 Å². The minimum Gasteiger partial charge on any atom is -0.465 e. The van der Waals surface area contributed by atoms with Crippen molar-refractivity contribution < 1.29 is 9.21 Å². The zero-order chi connectivity index (χ0) is 16.2. The first-order chi connectivity index (χ1) is 11.1. The Balaban J connectivity index is 1.68. The van der Waals surface area contributed by atoms with E-state index < -0.39 is 0 Å². The third-order valence-electron chi connectivity index (χ3n) is 4.23. The maximum atomic E-state index is 12.3. The van der Waals surface area contributed by atoms with Gasteiger partial charge < -0.3 is 9.73 Å². The van der Waals surface area contributed by atoms with Crippen LogP contribution in [0.25, 0.3) is 0 Å². The van der Waals surface area contributed by atoms with Crippen molar-refractivity contribution in [2.45, 2.75) is 25.8 Å². The van der Waals surface area contributed by atoms with Crippen molar-refractivity contribution in [3.63, 3.8) is 0 Å². The summed E-state index contributed by atoms with van der Waals surface area (Å²) in [6, 6.07) is 11.0. The van der Waals surface area contributed by atoms with Gasteiger partial charge in [-0.1, -0.05) is 11.6 Å². The van der Waals surface area contributed by atoms with E-state index in [1.807, 2.05) is 19.1 Å². The van der Waals surface area contributed by atoms with E-state index in [-0.39, 0.29) is 11.9 Å². The summed E-state index contributed by atoms with van der Waals surface area (Å²) < 4.78 is 5.80. The van der Waals surface area contributed by atoms with Crippen molar-refractivity contribution in [3.8, 4) is 0 Å². The summed E-state index contributed by atoms with van der Waals surface area (Å²) >= 11 is 5.86. The van der Waals surface area contributed by atoms with Crippen LogP contribution >= 0.6 is 11.6 Å². The Morgan fingerprint density at radius 3 is 2.52 bits per heavy atom. The molecule has 1 aromatic heterocycles. The fourth-order valence-corrected chi connectivity index (χ4v) is 3.11. The molecule has 1 unspecified atom stereocenters. The lowest BCUT2D eigenvalue weighted by Crippen LogP contribution is -2.36. The number of nitrogens with one attached hydrogen (secondary N) is 1. The van der Waals surface area contributed by atoms with Crippen molar-refractivity contribution in [1.29, 1.82) is 0 Å². The molecule has 3 rings (SSSR count). The number of hydrogen-bond donors (Lipinski definition) is 1. The molecule has 4 nitrogen and oxygen atoms in total. The van der Waals surface area contributed by atoms with Gasteiger partial charge in [0.1, 0.15) is 11.5 Å². The van der Waals surface area contributed by atoms with Crippen LogP contribution in [0.2, 0.25) is 5.02 Å². The minimum absolute atomic E-state index is 0.0856. The summed E-state index contributed by atoms with van der Waals surface area (Å²) in [6.45, 7) is 4.56. The predicted octanol–water partition coefficient (Wildman–Crippen LogP) is 3.81. The highest BCUT2D eigenvalue weighted by Crippen LogP contribution is 2.26. The van der Waals surface area contributed by atoms with Crippen LogP contribution in [-0.2, 0) is 0 Å². The standard InChI is InChI=1S/C18H21ClN2O2/c1-13-4-9-17(23-13)16(21-10-2-3-11-21)12-20-18(22)14-5-7-15(19)8-6-14/h4-9,16H,2-3,10-12H2,1H3,(H,20,22). The normalized spacial score (nSPS) is 16.4. The number of aryl methyl sites for hydroxylation is 1. The Morgan fingerprint density at radius 1 is 1.22 bits per heavy atom. The van der Waals surface area contributed by atoms with Crippen LogP contribution in [0.1, 0.15) is 40.8 Å². The van der Waals surface area contributed by atoms with E-state index in [0.29, 0.717) is 17.1 Å². The second kappa shape index (κ2) is 7.20. The van der Waals surface area contributed by atoms with Gasteiger partial charge in [-0.05, 0) is 69.3 Å². The Labute approximate surface area is 141 Å². The van der Waals surface area contributed by atoms with Gasteiger partial charge in [0.15, 0.2) is 0 Å². The van der Waals surface area contributed by atoms with E-state index in [4.69, 9.17) is 16.0 Å². The van der Waals surface area contributed by atoms with Crippen molar-refractivity contribution in [2.75, 3.05) is 19.6 Å². The number of halogens is 1. The number of hydrogen-bond acceptors (Lipinski definition) is 3. The van der Waals surface area contributed by atoms with Crippen LogP contribution in [0, 0.1) is 6.92 Å². The number of likely N-dealkylation sites (tertiary alicyclic amines) is 1. The molecule has 1 atom stereocenters. The second-order valence-corrected chi connectivity index (χ2v) is 6.36. The van der Waals surface area contributed by atoms with Gasteiger partial charge in [-0.3, -0.25) is 9.69 Å². The van der Waals surface area contributed by atoms with E-state index in [1.54, 1.807) is 24.3 Å². The molecule has 0 saturated carbocycles. The highest BCUT2D eigenvalue weighted by Gasteiger charge is 2.26. The number of amides is 1.